The second-order valence-corrected chi connectivity index (χ2v) is 9.07. The van der Waals surface area contributed by atoms with E-state index in [-0.39, 0.29) is 35.6 Å². The maximum Gasteiger partial charge on any atom is 0.253 e. The van der Waals surface area contributed by atoms with E-state index >= 15 is 0 Å². The summed E-state index contributed by atoms with van der Waals surface area (Å²) in [6.07, 6.45) is 7.00. The fourth-order valence-corrected chi connectivity index (χ4v) is 4.70. The van der Waals surface area contributed by atoms with Crippen molar-refractivity contribution in [2.45, 2.75) is 50.6 Å². The Morgan fingerprint density at radius 2 is 1.78 bits per heavy atom. The predicted octanol–water partition coefficient (Wildman–Crippen LogP) is 3.39. The lowest BCUT2D eigenvalue weighted by Crippen LogP contribution is -2.47. The van der Waals surface area contributed by atoms with Crippen LogP contribution in [0.5, 0.6) is 0 Å². The lowest BCUT2D eigenvalue weighted by atomic mass is 9.90. The van der Waals surface area contributed by atoms with E-state index < -0.39 is 0 Å². The molecule has 0 radical (unpaired) electrons. The van der Waals surface area contributed by atoms with E-state index in [4.69, 9.17) is 0 Å². The Bertz CT molecular complexity index is 941. The van der Waals surface area contributed by atoms with Crippen molar-refractivity contribution in [2.24, 2.45) is 5.92 Å². The molecule has 1 saturated carbocycles. The number of hydrogen-bond acceptors (Lipinski definition) is 4. The Morgan fingerprint density at radius 3 is 2.44 bits per heavy atom. The highest BCUT2D eigenvalue weighted by Crippen LogP contribution is 2.22. The number of amides is 2. The molecule has 4 rings (SSSR count). The molecular weight excluding hydrogens is 407 g/mol. The summed E-state index contributed by atoms with van der Waals surface area (Å²) in [5, 5.41) is 6.31. The summed E-state index contributed by atoms with van der Waals surface area (Å²) in [7, 11) is 2.07. The number of carbonyl (C=O) groups excluding carboxylic acids is 2. The average molecular weight is 439 g/mol. The van der Waals surface area contributed by atoms with Gasteiger partial charge in [-0.05, 0) is 76.4 Å². The van der Waals surface area contributed by atoms with E-state index in [1.165, 1.54) is 18.3 Å². The molecule has 1 aromatic heterocycles. The normalized spacial score (nSPS) is 24.0. The number of hydrogen-bond donors (Lipinski definition) is 2. The summed E-state index contributed by atoms with van der Waals surface area (Å²) in [5.74, 6) is -0.201. The SMILES string of the molecule is CN1CCCC(C(=O)N[C@H]2CC[C@@H](NC(=O)c3ccc(-c4cccc(F)c4)nc3)CC2)C1. The topological polar surface area (TPSA) is 74.3 Å². The molecule has 2 amide bonds. The van der Waals surface area contributed by atoms with Crippen LogP contribution in [0.1, 0.15) is 48.9 Å². The van der Waals surface area contributed by atoms with Crippen molar-refractivity contribution in [1.82, 2.24) is 20.5 Å². The molecule has 32 heavy (non-hydrogen) atoms. The zero-order chi connectivity index (χ0) is 22.5. The van der Waals surface area contributed by atoms with E-state index in [2.05, 4.69) is 27.6 Å². The number of halogens is 1. The molecule has 2 fully saturated rings. The monoisotopic (exact) mass is 438 g/mol. The van der Waals surface area contributed by atoms with Crippen LogP contribution in [-0.4, -0.2) is 53.9 Å². The number of nitrogens with one attached hydrogen (secondary N) is 2. The first-order valence-electron chi connectivity index (χ1n) is 11.5. The van der Waals surface area contributed by atoms with Crippen molar-refractivity contribution in [3.8, 4) is 11.3 Å². The number of carbonyl (C=O) groups is 2. The second kappa shape index (κ2) is 10.2. The third kappa shape index (κ3) is 5.71. The van der Waals surface area contributed by atoms with Crippen LogP contribution < -0.4 is 10.6 Å². The molecule has 2 aromatic rings. The Balaban J connectivity index is 1.24. The Hall–Kier alpha value is -2.80. The molecule has 6 nitrogen and oxygen atoms in total. The number of pyridine rings is 1. The largest absolute Gasteiger partial charge is 0.353 e. The van der Waals surface area contributed by atoms with Crippen molar-refractivity contribution < 1.29 is 14.0 Å². The lowest BCUT2D eigenvalue weighted by Gasteiger charge is -2.33. The summed E-state index contributed by atoms with van der Waals surface area (Å²) in [4.78, 5) is 31.7. The van der Waals surface area contributed by atoms with Gasteiger partial charge in [0.15, 0.2) is 0 Å². The van der Waals surface area contributed by atoms with Crippen molar-refractivity contribution in [3.05, 3.63) is 54.0 Å². The van der Waals surface area contributed by atoms with E-state index in [1.807, 2.05) is 0 Å². The number of piperidine rings is 1. The van der Waals surface area contributed by atoms with Crippen LogP contribution in [0.4, 0.5) is 4.39 Å². The van der Waals surface area contributed by atoms with Gasteiger partial charge in [0.1, 0.15) is 5.82 Å². The summed E-state index contributed by atoms with van der Waals surface area (Å²) in [6.45, 7) is 1.90. The minimum Gasteiger partial charge on any atom is -0.353 e. The Kier molecular flexibility index (Phi) is 7.15. The van der Waals surface area contributed by atoms with Gasteiger partial charge in [-0.25, -0.2) is 4.39 Å². The van der Waals surface area contributed by atoms with Crippen LogP contribution in [0, 0.1) is 11.7 Å². The van der Waals surface area contributed by atoms with Crippen molar-refractivity contribution in [1.29, 1.82) is 0 Å². The maximum absolute atomic E-state index is 13.4. The highest BCUT2D eigenvalue weighted by molar-refractivity contribution is 5.94. The van der Waals surface area contributed by atoms with Gasteiger partial charge in [0.05, 0.1) is 17.2 Å². The first-order valence-corrected chi connectivity index (χ1v) is 11.5. The number of likely N-dealkylation sites (tertiary alicyclic amines) is 1. The van der Waals surface area contributed by atoms with Gasteiger partial charge >= 0.3 is 0 Å². The molecular formula is C25H31FN4O2. The van der Waals surface area contributed by atoms with Crippen molar-refractivity contribution in [3.63, 3.8) is 0 Å². The molecule has 7 heteroatoms. The average Bonchev–Trinajstić information content (AvgIpc) is 2.80. The van der Waals surface area contributed by atoms with E-state index in [0.717, 1.165) is 51.6 Å². The van der Waals surface area contributed by atoms with Crippen LogP contribution in [0.25, 0.3) is 11.3 Å². The third-order valence-corrected chi connectivity index (χ3v) is 6.55. The van der Waals surface area contributed by atoms with Gasteiger partial charge in [-0.15, -0.1) is 0 Å². The number of aromatic nitrogens is 1. The van der Waals surface area contributed by atoms with Crippen LogP contribution >= 0.6 is 0 Å². The third-order valence-electron chi connectivity index (χ3n) is 6.55. The molecule has 1 unspecified atom stereocenters. The quantitative estimate of drug-likeness (QED) is 0.751. The van der Waals surface area contributed by atoms with Gasteiger partial charge in [-0.3, -0.25) is 14.6 Å². The van der Waals surface area contributed by atoms with Crippen LogP contribution in [0.15, 0.2) is 42.6 Å². The molecule has 1 aliphatic heterocycles. The first-order chi connectivity index (χ1) is 15.5. The molecule has 1 aliphatic carbocycles. The van der Waals surface area contributed by atoms with Crippen LogP contribution in [-0.2, 0) is 4.79 Å². The minimum absolute atomic E-state index is 0.0917. The summed E-state index contributed by atoms with van der Waals surface area (Å²) in [6, 6.07) is 9.98. The van der Waals surface area contributed by atoms with Gasteiger partial charge in [0.2, 0.25) is 5.91 Å². The molecule has 2 heterocycles. The molecule has 0 spiro atoms. The number of benzene rings is 1. The van der Waals surface area contributed by atoms with Gasteiger partial charge in [-0.1, -0.05) is 12.1 Å². The molecule has 2 aliphatic rings. The van der Waals surface area contributed by atoms with Crippen molar-refractivity contribution >= 4 is 11.8 Å². The second-order valence-electron chi connectivity index (χ2n) is 9.07. The fourth-order valence-electron chi connectivity index (χ4n) is 4.70. The minimum atomic E-state index is -0.316. The van der Waals surface area contributed by atoms with Gasteiger partial charge < -0.3 is 15.5 Å². The van der Waals surface area contributed by atoms with E-state index in [0.29, 0.717) is 16.8 Å². The molecule has 170 valence electrons. The predicted molar refractivity (Wildman–Crippen MR) is 122 cm³/mol. The molecule has 2 N–H and O–H groups in total. The Morgan fingerprint density at radius 1 is 1.03 bits per heavy atom. The van der Waals surface area contributed by atoms with Gasteiger partial charge in [-0.2, -0.15) is 0 Å². The standard InChI is InChI=1S/C25H31FN4O2/c1-30-13-3-5-19(16-30)25(32)29-22-10-8-21(9-11-22)28-24(31)18-7-12-23(27-15-18)17-4-2-6-20(26)14-17/h2,4,6-7,12,14-15,19,21-22H,3,5,8-11,13,16H2,1H3,(H,28,31)(H,29,32)/t19?,21-,22+. The number of rotatable bonds is 5. The van der Waals surface area contributed by atoms with Crippen LogP contribution in [0.3, 0.4) is 0 Å². The van der Waals surface area contributed by atoms with Crippen LogP contribution in [0.2, 0.25) is 0 Å². The summed E-state index contributed by atoms with van der Waals surface area (Å²) in [5.41, 5.74) is 1.79. The fraction of sp³-hybridized carbons (Fsp3) is 0.480. The highest BCUT2D eigenvalue weighted by Gasteiger charge is 2.28. The highest BCUT2D eigenvalue weighted by atomic mass is 19.1. The number of nitrogens with zero attached hydrogens (tertiary/aromatic N) is 2. The van der Waals surface area contributed by atoms with E-state index in [9.17, 15) is 14.0 Å². The molecule has 1 saturated heterocycles. The summed E-state index contributed by atoms with van der Waals surface area (Å²) < 4.78 is 13.4. The van der Waals surface area contributed by atoms with Crippen molar-refractivity contribution in [2.75, 3.05) is 20.1 Å². The summed E-state index contributed by atoms with van der Waals surface area (Å²) >= 11 is 0. The first kappa shape index (κ1) is 22.4. The smallest absolute Gasteiger partial charge is 0.253 e. The zero-order valence-corrected chi connectivity index (χ0v) is 18.5. The molecule has 1 aromatic carbocycles. The zero-order valence-electron chi connectivity index (χ0n) is 18.5. The maximum atomic E-state index is 13.4. The van der Waals surface area contributed by atoms with Gasteiger partial charge in [0, 0.05) is 30.4 Å². The molecule has 0 bridgehead atoms. The Labute approximate surface area is 188 Å². The lowest BCUT2D eigenvalue weighted by molar-refractivity contribution is -0.127. The molecule has 1 atom stereocenters. The van der Waals surface area contributed by atoms with Gasteiger partial charge in [0.25, 0.3) is 5.91 Å². The van der Waals surface area contributed by atoms with E-state index in [1.54, 1.807) is 24.3 Å².